The largest absolute Gasteiger partial charge is 0.507 e. The molecule has 0 radical (unpaired) electrons. The van der Waals surface area contributed by atoms with Crippen molar-refractivity contribution < 1.29 is 24.2 Å². The van der Waals surface area contributed by atoms with Crippen molar-refractivity contribution in [3.05, 3.63) is 40.3 Å². The summed E-state index contributed by atoms with van der Waals surface area (Å²) in [5.41, 5.74) is 0.780. The van der Waals surface area contributed by atoms with Crippen LogP contribution in [0.3, 0.4) is 0 Å². The van der Waals surface area contributed by atoms with E-state index in [1.54, 1.807) is 13.0 Å². The molecule has 1 aliphatic rings. The zero-order valence-electron chi connectivity index (χ0n) is 10.2. The van der Waals surface area contributed by atoms with Crippen LogP contribution in [0.1, 0.15) is 26.3 Å². The summed E-state index contributed by atoms with van der Waals surface area (Å²) in [5, 5.41) is 9.81. The Bertz CT molecular complexity index is 583. The fraction of sp³-hybridized carbons (Fsp3) is 0.231. The summed E-state index contributed by atoms with van der Waals surface area (Å²) < 4.78 is 9.81. The minimum Gasteiger partial charge on any atom is -0.507 e. The third kappa shape index (κ3) is 1.55. The van der Waals surface area contributed by atoms with Gasteiger partial charge < -0.3 is 14.6 Å². The standard InChI is InChI=1S/C13H12O5/c1-6-4-7-9(8(14)5-6)11(16)13(18-3)12(17-2)10(7)15/h4-5,14H,1-3H3. The number of aromatic hydroxyl groups is 1. The molecule has 0 bridgehead atoms. The smallest absolute Gasteiger partial charge is 0.236 e. The molecule has 0 aromatic heterocycles. The van der Waals surface area contributed by atoms with E-state index in [0.29, 0.717) is 5.56 Å². The molecule has 18 heavy (non-hydrogen) atoms. The number of phenolic OH excluding ortho intramolecular Hbond substituents is 1. The number of aryl methyl sites for hydroxylation is 1. The van der Waals surface area contributed by atoms with Gasteiger partial charge in [0.25, 0.3) is 0 Å². The summed E-state index contributed by atoms with van der Waals surface area (Å²) in [5.74, 6) is -1.58. The first kappa shape index (κ1) is 12.2. The predicted octanol–water partition coefficient (Wildman–Crippen LogP) is 1.58. The van der Waals surface area contributed by atoms with Gasteiger partial charge in [0.1, 0.15) is 5.75 Å². The van der Waals surface area contributed by atoms with Gasteiger partial charge in [-0.3, -0.25) is 9.59 Å². The number of rotatable bonds is 2. The van der Waals surface area contributed by atoms with Crippen molar-refractivity contribution in [1.29, 1.82) is 0 Å². The summed E-state index contributed by atoms with van der Waals surface area (Å²) in [7, 11) is 2.57. The number of ether oxygens (including phenoxy) is 2. The van der Waals surface area contributed by atoms with Crippen LogP contribution in [0.2, 0.25) is 0 Å². The van der Waals surface area contributed by atoms with Crippen LogP contribution in [0.4, 0.5) is 0 Å². The van der Waals surface area contributed by atoms with Crippen LogP contribution >= 0.6 is 0 Å². The molecule has 1 aliphatic carbocycles. The highest BCUT2D eigenvalue weighted by Crippen LogP contribution is 2.33. The lowest BCUT2D eigenvalue weighted by atomic mass is 9.90. The monoisotopic (exact) mass is 248 g/mol. The summed E-state index contributed by atoms with van der Waals surface area (Å²) in [6, 6.07) is 2.97. The SMILES string of the molecule is COC1=C(OC)C(=O)c2c(O)cc(C)cc2C1=O. The average Bonchev–Trinajstić information content (AvgIpc) is 2.32. The molecular formula is C13H12O5. The van der Waals surface area contributed by atoms with Crippen molar-refractivity contribution in [2.45, 2.75) is 6.92 Å². The number of carbonyl (C=O) groups is 2. The van der Waals surface area contributed by atoms with Gasteiger partial charge in [-0.05, 0) is 24.6 Å². The Kier molecular flexibility index (Phi) is 2.82. The molecule has 1 aromatic rings. The lowest BCUT2D eigenvalue weighted by Gasteiger charge is -2.19. The van der Waals surface area contributed by atoms with Crippen LogP contribution in [0, 0.1) is 6.92 Å². The van der Waals surface area contributed by atoms with Crippen molar-refractivity contribution in [3.63, 3.8) is 0 Å². The van der Waals surface area contributed by atoms with E-state index in [9.17, 15) is 14.7 Å². The van der Waals surface area contributed by atoms with E-state index in [1.807, 2.05) is 0 Å². The second-order valence-electron chi connectivity index (χ2n) is 3.93. The lowest BCUT2D eigenvalue weighted by Crippen LogP contribution is -2.24. The number of allylic oxidation sites excluding steroid dienone is 2. The Balaban J connectivity index is 2.76. The molecule has 0 saturated carbocycles. The van der Waals surface area contributed by atoms with Crippen LogP contribution < -0.4 is 0 Å². The average molecular weight is 248 g/mol. The molecule has 0 spiro atoms. The fourth-order valence-electron chi connectivity index (χ4n) is 2.00. The van der Waals surface area contributed by atoms with Crippen molar-refractivity contribution in [3.8, 4) is 5.75 Å². The summed E-state index contributed by atoms with van der Waals surface area (Å²) in [6.45, 7) is 1.72. The van der Waals surface area contributed by atoms with Crippen LogP contribution in [0.25, 0.3) is 0 Å². The molecule has 5 nitrogen and oxygen atoms in total. The Morgan fingerprint density at radius 2 is 1.56 bits per heavy atom. The number of benzene rings is 1. The molecule has 0 atom stereocenters. The molecule has 1 N–H and O–H groups in total. The van der Waals surface area contributed by atoms with E-state index >= 15 is 0 Å². The van der Waals surface area contributed by atoms with E-state index in [2.05, 4.69) is 0 Å². The van der Waals surface area contributed by atoms with E-state index in [0.717, 1.165) is 0 Å². The highest BCUT2D eigenvalue weighted by Gasteiger charge is 2.36. The summed E-state index contributed by atoms with van der Waals surface area (Å²) in [6.07, 6.45) is 0. The first-order valence-corrected chi connectivity index (χ1v) is 5.26. The maximum atomic E-state index is 12.1. The van der Waals surface area contributed by atoms with Crippen LogP contribution in [0.15, 0.2) is 23.7 Å². The maximum Gasteiger partial charge on any atom is 0.236 e. The Morgan fingerprint density at radius 3 is 2.11 bits per heavy atom. The van der Waals surface area contributed by atoms with Crippen LogP contribution in [-0.2, 0) is 9.47 Å². The van der Waals surface area contributed by atoms with Gasteiger partial charge in [-0.15, -0.1) is 0 Å². The molecule has 5 heteroatoms. The van der Waals surface area contributed by atoms with Gasteiger partial charge in [-0.2, -0.15) is 0 Å². The number of phenols is 1. The van der Waals surface area contributed by atoms with Gasteiger partial charge in [0, 0.05) is 5.56 Å². The van der Waals surface area contributed by atoms with Gasteiger partial charge in [-0.1, -0.05) is 0 Å². The van der Waals surface area contributed by atoms with Crippen molar-refractivity contribution in [2.75, 3.05) is 14.2 Å². The van der Waals surface area contributed by atoms with E-state index < -0.39 is 11.6 Å². The van der Waals surface area contributed by atoms with Gasteiger partial charge >= 0.3 is 0 Å². The van der Waals surface area contributed by atoms with E-state index in [1.165, 1.54) is 20.3 Å². The van der Waals surface area contributed by atoms with E-state index in [4.69, 9.17) is 9.47 Å². The quantitative estimate of drug-likeness (QED) is 0.860. The van der Waals surface area contributed by atoms with Gasteiger partial charge in [0.05, 0.1) is 19.8 Å². The number of hydrogen-bond donors (Lipinski definition) is 1. The fourth-order valence-corrected chi connectivity index (χ4v) is 2.00. The number of ketones is 2. The topological polar surface area (TPSA) is 72.8 Å². The highest BCUT2D eigenvalue weighted by molar-refractivity contribution is 6.26. The normalized spacial score (nSPS) is 14.6. The molecule has 0 amide bonds. The van der Waals surface area contributed by atoms with Crippen LogP contribution in [-0.4, -0.2) is 30.9 Å². The first-order chi connectivity index (χ1) is 8.51. The second-order valence-corrected chi connectivity index (χ2v) is 3.93. The minimum atomic E-state index is -0.554. The number of carbonyl (C=O) groups excluding carboxylic acids is 2. The Morgan fingerprint density at radius 1 is 1.00 bits per heavy atom. The van der Waals surface area contributed by atoms with Crippen molar-refractivity contribution in [2.24, 2.45) is 0 Å². The van der Waals surface area contributed by atoms with Gasteiger partial charge in [0.2, 0.25) is 23.1 Å². The molecule has 94 valence electrons. The number of hydrogen-bond acceptors (Lipinski definition) is 5. The second kappa shape index (κ2) is 4.18. The Labute approximate surface area is 104 Å². The zero-order valence-corrected chi connectivity index (χ0v) is 10.2. The number of methoxy groups -OCH3 is 2. The third-order valence-electron chi connectivity index (χ3n) is 2.76. The zero-order chi connectivity index (χ0) is 13.4. The van der Waals surface area contributed by atoms with Gasteiger partial charge in [-0.25, -0.2) is 0 Å². The minimum absolute atomic E-state index is 0.0387. The Hall–Kier alpha value is -2.30. The predicted molar refractivity (Wildman–Crippen MR) is 62.5 cm³/mol. The molecule has 0 saturated heterocycles. The molecule has 0 aliphatic heterocycles. The summed E-state index contributed by atoms with van der Waals surface area (Å²) >= 11 is 0. The van der Waals surface area contributed by atoms with E-state index in [-0.39, 0.29) is 28.4 Å². The number of Topliss-reactive ketones (excluding diaryl/α,β-unsaturated/α-hetero) is 2. The number of fused-ring (bicyclic) bond motifs is 1. The van der Waals surface area contributed by atoms with Gasteiger partial charge in [0.15, 0.2) is 0 Å². The van der Waals surface area contributed by atoms with Crippen molar-refractivity contribution >= 4 is 11.6 Å². The highest BCUT2D eigenvalue weighted by atomic mass is 16.5. The summed E-state index contributed by atoms with van der Waals surface area (Å²) in [4.78, 5) is 24.3. The maximum absolute atomic E-state index is 12.1. The molecular weight excluding hydrogens is 236 g/mol. The lowest BCUT2D eigenvalue weighted by molar-refractivity contribution is 0.0826. The molecule has 2 rings (SSSR count). The molecule has 0 fully saturated rings. The van der Waals surface area contributed by atoms with Crippen LogP contribution in [0.5, 0.6) is 5.75 Å². The third-order valence-corrected chi connectivity index (χ3v) is 2.76. The molecule has 0 unspecified atom stereocenters. The van der Waals surface area contributed by atoms with Crippen molar-refractivity contribution in [1.82, 2.24) is 0 Å². The molecule has 1 aromatic carbocycles. The molecule has 0 heterocycles. The first-order valence-electron chi connectivity index (χ1n) is 5.26.